The summed E-state index contributed by atoms with van der Waals surface area (Å²) in [6, 6.07) is 16.9. The molecule has 2 aromatic carbocycles. The number of rotatable bonds is 4. The van der Waals surface area contributed by atoms with Crippen LogP contribution in [0.4, 0.5) is 11.6 Å². The predicted octanol–water partition coefficient (Wildman–Crippen LogP) is 5.42. The first kappa shape index (κ1) is 23.3. The summed E-state index contributed by atoms with van der Waals surface area (Å²) in [6.07, 6.45) is 5.62. The topological polar surface area (TPSA) is 97.6 Å². The third-order valence-corrected chi connectivity index (χ3v) is 7.87. The summed E-state index contributed by atoms with van der Waals surface area (Å²) in [4.78, 5) is 27.2. The van der Waals surface area contributed by atoms with E-state index in [1.54, 1.807) is 24.4 Å². The Bertz CT molecular complexity index is 1760. The van der Waals surface area contributed by atoms with Crippen molar-refractivity contribution in [2.24, 2.45) is 0 Å². The molecule has 5 aromatic rings. The van der Waals surface area contributed by atoms with E-state index in [0.29, 0.717) is 44.0 Å². The third-order valence-electron chi connectivity index (χ3n) is 7.26. The van der Waals surface area contributed by atoms with Gasteiger partial charge in [-0.3, -0.25) is 9.78 Å². The molecule has 7 rings (SSSR count). The number of aromatic nitrogens is 5. The Balaban J connectivity index is 1.36. The largest absolute Gasteiger partial charge is 0.324 e. The number of halogens is 2. The van der Waals surface area contributed by atoms with Crippen LogP contribution < -0.4 is 16.2 Å². The maximum Gasteiger partial charge on any atom is 0.282 e. The zero-order valence-corrected chi connectivity index (χ0v) is 21.6. The molecule has 1 fully saturated rings. The molecule has 1 saturated carbocycles. The van der Waals surface area contributed by atoms with Crippen molar-refractivity contribution in [1.29, 1.82) is 0 Å². The van der Waals surface area contributed by atoms with Gasteiger partial charge in [-0.25, -0.2) is 9.97 Å². The molecule has 0 saturated heterocycles. The van der Waals surface area contributed by atoms with Crippen LogP contribution in [0.2, 0.25) is 10.0 Å². The van der Waals surface area contributed by atoms with Gasteiger partial charge in [0.25, 0.3) is 5.56 Å². The Kier molecular flexibility index (Phi) is 5.43. The minimum absolute atomic E-state index is 0.271. The van der Waals surface area contributed by atoms with Crippen molar-refractivity contribution < 1.29 is 0 Å². The Morgan fingerprint density at radius 3 is 2.61 bits per heavy atom. The molecule has 0 bridgehead atoms. The average Bonchev–Trinajstić information content (AvgIpc) is 3.70. The molecule has 2 N–H and O–H groups in total. The second-order valence-corrected chi connectivity index (χ2v) is 10.5. The molecular formula is C28H21Cl2N7O. The minimum Gasteiger partial charge on any atom is -0.324 e. The zero-order valence-electron chi connectivity index (χ0n) is 20.1. The van der Waals surface area contributed by atoms with Crippen LogP contribution in [0.5, 0.6) is 0 Å². The third kappa shape index (κ3) is 3.84. The monoisotopic (exact) mass is 541 g/mol. The molecule has 188 valence electrons. The first-order chi connectivity index (χ1) is 18.5. The molecule has 0 amide bonds. The number of pyridine rings is 1. The molecule has 8 nitrogen and oxygen atoms in total. The van der Waals surface area contributed by atoms with Gasteiger partial charge in [-0.05, 0) is 60.4 Å². The molecule has 1 spiro atoms. The van der Waals surface area contributed by atoms with E-state index in [9.17, 15) is 4.79 Å². The van der Waals surface area contributed by atoms with Gasteiger partial charge in [0.1, 0.15) is 16.9 Å². The Morgan fingerprint density at radius 2 is 1.84 bits per heavy atom. The van der Waals surface area contributed by atoms with E-state index >= 15 is 0 Å². The molecule has 38 heavy (non-hydrogen) atoms. The van der Waals surface area contributed by atoms with Crippen LogP contribution in [0.15, 0.2) is 71.8 Å². The Hall–Kier alpha value is -3.85. The van der Waals surface area contributed by atoms with Gasteiger partial charge < -0.3 is 10.6 Å². The van der Waals surface area contributed by atoms with E-state index in [-0.39, 0.29) is 5.39 Å². The summed E-state index contributed by atoms with van der Waals surface area (Å²) in [6.45, 7) is 1.88. The van der Waals surface area contributed by atoms with Crippen molar-refractivity contribution in [2.75, 3.05) is 11.9 Å². The fourth-order valence-electron chi connectivity index (χ4n) is 5.20. The number of hydrogen-bond donors (Lipinski definition) is 2. The van der Waals surface area contributed by atoms with Crippen LogP contribution in [0, 0.1) is 0 Å². The number of benzene rings is 2. The van der Waals surface area contributed by atoms with Crippen LogP contribution in [0.25, 0.3) is 28.0 Å². The van der Waals surface area contributed by atoms with E-state index in [1.165, 1.54) is 34.8 Å². The molecule has 3 aromatic heterocycles. The van der Waals surface area contributed by atoms with Gasteiger partial charge in [0.05, 0.1) is 21.1 Å². The summed E-state index contributed by atoms with van der Waals surface area (Å²) >= 11 is 12.9. The molecule has 4 heterocycles. The maximum absolute atomic E-state index is 13.6. The summed E-state index contributed by atoms with van der Waals surface area (Å²) in [7, 11) is 0. The first-order valence-electron chi connectivity index (χ1n) is 12.3. The van der Waals surface area contributed by atoms with Gasteiger partial charge in [-0.15, -0.1) is 0 Å². The summed E-state index contributed by atoms with van der Waals surface area (Å²) in [5.41, 5.74) is 5.10. The minimum atomic E-state index is -0.434. The molecule has 1 aliphatic heterocycles. The number of nitrogens with one attached hydrogen (secondary N) is 2. The van der Waals surface area contributed by atoms with Crippen molar-refractivity contribution in [2.45, 2.75) is 24.8 Å². The number of para-hydroxylation sites is 1. The van der Waals surface area contributed by atoms with Crippen molar-refractivity contribution in [1.82, 2.24) is 30.0 Å². The lowest BCUT2D eigenvalue weighted by Gasteiger charge is -2.26. The fourth-order valence-corrected chi connectivity index (χ4v) is 5.75. The molecular weight excluding hydrogens is 521 g/mol. The lowest BCUT2D eigenvalue weighted by Crippen LogP contribution is -2.33. The van der Waals surface area contributed by atoms with Gasteiger partial charge in [-0.2, -0.15) is 9.78 Å². The standard InChI is InChI=1S/C28H21Cl2N7O/c29-20-4-3-5-21(30)25(20)37-26(38)18-14-33-27(35-23(18)24(36-37)22-6-1-2-11-32-22)34-17-7-8-19-16(12-17)13-31-15-28(19)9-10-28/h1-8,11-12,14,31H,9-10,13,15H2,(H,33,34,35). The van der Waals surface area contributed by atoms with Gasteiger partial charge >= 0.3 is 0 Å². The number of fused-ring (bicyclic) bond motifs is 3. The van der Waals surface area contributed by atoms with Crippen LogP contribution in [-0.2, 0) is 12.0 Å². The van der Waals surface area contributed by atoms with Crippen molar-refractivity contribution >= 4 is 45.7 Å². The molecule has 2 aliphatic rings. The van der Waals surface area contributed by atoms with E-state index in [4.69, 9.17) is 28.2 Å². The van der Waals surface area contributed by atoms with Crippen LogP contribution in [-0.4, -0.2) is 31.3 Å². The normalized spacial score (nSPS) is 15.4. The summed E-state index contributed by atoms with van der Waals surface area (Å²) in [5.74, 6) is 0.356. The highest BCUT2D eigenvalue weighted by Crippen LogP contribution is 2.50. The maximum atomic E-state index is 13.6. The predicted molar refractivity (Wildman–Crippen MR) is 149 cm³/mol. The highest BCUT2D eigenvalue weighted by atomic mass is 35.5. The summed E-state index contributed by atoms with van der Waals surface area (Å²) in [5, 5.41) is 12.4. The van der Waals surface area contributed by atoms with Crippen LogP contribution in [0.3, 0.4) is 0 Å². The number of hydrogen-bond acceptors (Lipinski definition) is 7. The molecule has 0 unspecified atom stereocenters. The Morgan fingerprint density at radius 1 is 1.00 bits per heavy atom. The fraction of sp³-hybridized carbons (Fsp3) is 0.179. The smallest absolute Gasteiger partial charge is 0.282 e. The van der Waals surface area contributed by atoms with E-state index in [2.05, 4.69) is 43.9 Å². The number of nitrogens with zero attached hydrogens (tertiary/aromatic N) is 5. The van der Waals surface area contributed by atoms with E-state index < -0.39 is 5.56 Å². The molecule has 0 radical (unpaired) electrons. The molecule has 10 heteroatoms. The van der Waals surface area contributed by atoms with Gasteiger partial charge in [-0.1, -0.05) is 41.4 Å². The average molecular weight is 542 g/mol. The highest BCUT2D eigenvalue weighted by molar-refractivity contribution is 6.37. The SMILES string of the molecule is O=c1c2cnc(Nc3ccc4c(c3)CNCC43CC3)nc2c(-c2ccccn2)nn1-c1c(Cl)cccc1Cl. The van der Waals surface area contributed by atoms with Gasteiger partial charge in [0, 0.05) is 36.6 Å². The lowest BCUT2D eigenvalue weighted by molar-refractivity contribution is 0.531. The quantitative estimate of drug-likeness (QED) is 0.313. The van der Waals surface area contributed by atoms with Crippen LogP contribution in [0.1, 0.15) is 24.0 Å². The van der Waals surface area contributed by atoms with E-state index in [0.717, 1.165) is 18.8 Å². The van der Waals surface area contributed by atoms with Gasteiger partial charge in [0.15, 0.2) is 0 Å². The summed E-state index contributed by atoms with van der Waals surface area (Å²) < 4.78 is 1.19. The van der Waals surface area contributed by atoms with E-state index in [1.807, 2.05) is 18.2 Å². The number of anilines is 2. The van der Waals surface area contributed by atoms with Crippen molar-refractivity contribution in [3.05, 3.63) is 98.5 Å². The second kappa shape index (κ2) is 8.87. The van der Waals surface area contributed by atoms with Gasteiger partial charge in [0.2, 0.25) is 5.95 Å². The Labute approximate surface area is 227 Å². The molecule has 0 atom stereocenters. The van der Waals surface area contributed by atoms with Crippen LogP contribution >= 0.6 is 23.2 Å². The molecule has 1 aliphatic carbocycles. The zero-order chi connectivity index (χ0) is 25.9. The van der Waals surface area contributed by atoms with Crippen molar-refractivity contribution in [3.63, 3.8) is 0 Å². The highest BCUT2D eigenvalue weighted by Gasteiger charge is 2.46. The second-order valence-electron chi connectivity index (χ2n) is 9.69. The van der Waals surface area contributed by atoms with Crippen molar-refractivity contribution in [3.8, 4) is 17.1 Å². The lowest BCUT2D eigenvalue weighted by atomic mass is 9.88. The first-order valence-corrected chi connectivity index (χ1v) is 13.1.